The van der Waals surface area contributed by atoms with Gasteiger partial charge in [0.15, 0.2) is 0 Å². The molecule has 0 aromatic heterocycles. The molecule has 1 aliphatic heterocycles. The second-order valence-electron chi connectivity index (χ2n) is 6.21. The third-order valence-corrected chi connectivity index (χ3v) is 4.56. The maximum atomic E-state index is 3.20. The van der Waals surface area contributed by atoms with Crippen LogP contribution in [-0.4, -0.2) is 55.6 Å². The van der Waals surface area contributed by atoms with Crippen LogP contribution in [0.25, 0.3) is 0 Å². The van der Waals surface area contributed by atoms with E-state index in [9.17, 15) is 0 Å². The standard InChI is InChI=1S/C17H27N3/c1-18-9-8-15-2-4-16(5-3-15)14-19-10-12-20(13-11-19)17-6-7-17/h2-5,17-18H,6-14H2,1H3. The summed E-state index contributed by atoms with van der Waals surface area (Å²) in [6.45, 7) is 7.18. The highest BCUT2D eigenvalue weighted by Gasteiger charge is 2.30. The molecule has 20 heavy (non-hydrogen) atoms. The minimum absolute atomic E-state index is 0.934. The van der Waals surface area contributed by atoms with E-state index in [1.54, 1.807) is 0 Å². The Hall–Kier alpha value is -0.900. The van der Waals surface area contributed by atoms with Gasteiger partial charge in [-0.15, -0.1) is 0 Å². The first kappa shape index (κ1) is 14.1. The summed E-state index contributed by atoms with van der Waals surface area (Å²) in [5.74, 6) is 0. The largest absolute Gasteiger partial charge is 0.319 e. The fourth-order valence-electron chi connectivity index (χ4n) is 3.07. The van der Waals surface area contributed by atoms with Gasteiger partial charge in [0.2, 0.25) is 0 Å². The summed E-state index contributed by atoms with van der Waals surface area (Å²) in [5.41, 5.74) is 2.89. The first-order chi connectivity index (χ1) is 9.85. The quantitative estimate of drug-likeness (QED) is 0.851. The van der Waals surface area contributed by atoms with Crippen LogP contribution in [0.2, 0.25) is 0 Å². The van der Waals surface area contributed by atoms with Crippen molar-refractivity contribution in [1.82, 2.24) is 15.1 Å². The molecule has 1 N–H and O–H groups in total. The zero-order chi connectivity index (χ0) is 13.8. The van der Waals surface area contributed by atoms with Crippen molar-refractivity contribution in [2.24, 2.45) is 0 Å². The SMILES string of the molecule is CNCCc1ccc(CN2CCN(C3CC3)CC2)cc1. The number of likely N-dealkylation sites (N-methyl/N-ethyl adjacent to an activating group) is 1. The Bertz CT molecular complexity index is 403. The molecule has 1 saturated heterocycles. The lowest BCUT2D eigenvalue weighted by Crippen LogP contribution is -2.46. The molecule has 3 heteroatoms. The molecule has 0 bridgehead atoms. The Balaban J connectivity index is 1.45. The minimum atomic E-state index is 0.934. The second-order valence-corrected chi connectivity index (χ2v) is 6.21. The molecular formula is C17H27N3. The normalized spacial score (nSPS) is 21.2. The first-order valence-corrected chi connectivity index (χ1v) is 8.04. The molecule has 3 nitrogen and oxygen atoms in total. The molecule has 1 saturated carbocycles. The number of nitrogens with zero attached hydrogens (tertiary/aromatic N) is 2. The van der Waals surface area contributed by atoms with Crippen molar-refractivity contribution >= 4 is 0 Å². The topological polar surface area (TPSA) is 18.5 Å². The monoisotopic (exact) mass is 273 g/mol. The van der Waals surface area contributed by atoms with Gasteiger partial charge in [-0.05, 0) is 44.0 Å². The Morgan fingerprint density at radius 1 is 1.00 bits per heavy atom. The lowest BCUT2D eigenvalue weighted by molar-refractivity contribution is 0.121. The number of hydrogen-bond acceptors (Lipinski definition) is 3. The van der Waals surface area contributed by atoms with Gasteiger partial charge in [-0.25, -0.2) is 0 Å². The predicted molar refractivity (Wildman–Crippen MR) is 83.9 cm³/mol. The molecule has 1 aromatic carbocycles. The van der Waals surface area contributed by atoms with E-state index in [1.165, 1.54) is 50.1 Å². The van der Waals surface area contributed by atoms with E-state index in [0.29, 0.717) is 0 Å². The smallest absolute Gasteiger partial charge is 0.0234 e. The van der Waals surface area contributed by atoms with Gasteiger partial charge < -0.3 is 5.32 Å². The summed E-state index contributed by atoms with van der Waals surface area (Å²) in [6.07, 6.45) is 4.00. The number of nitrogens with one attached hydrogen (secondary N) is 1. The van der Waals surface area contributed by atoms with E-state index < -0.39 is 0 Å². The van der Waals surface area contributed by atoms with Gasteiger partial charge in [-0.2, -0.15) is 0 Å². The van der Waals surface area contributed by atoms with Crippen LogP contribution in [0.5, 0.6) is 0 Å². The van der Waals surface area contributed by atoms with Crippen molar-refractivity contribution in [3.05, 3.63) is 35.4 Å². The number of benzene rings is 1. The summed E-state index contributed by atoms with van der Waals surface area (Å²) < 4.78 is 0. The molecule has 0 spiro atoms. The molecule has 2 fully saturated rings. The maximum absolute atomic E-state index is 3.20. The molecule has 0 unspecified atom stereocenters. The van der Waals surface area contributed by atoms with E-state index in [1.807, 2.05) is 7.05 Å². The van der Waals surface area contributed by atoms with Crippen molar-refractivity contribution in [2.75, 3.05) is 39.8 Å². The van der Waals surface area contributed by atoms with Crippen LogP contribution >= 0.6 is 0 Å². The number of rotatable bonds is 6. The molecule has 0 amide bonds. The van der Waals surface area contributed by atoms with Gasteiger partial charge in [0.1, 0.15) is 0 Å². The third kappa shape index (κ3) is 3.81. The molecule has 2 aliphatic rings. The van der Waals surface area contributed by atoms with Crippen LogP contribution in [-0.2, 0) is 13.0 Å². The maximum Gasteiger partial charge on any atom is 0.0234 e. The zero-order valence-electron chi connectivity index (χ0n) is 12.6. The highest BCUT2D eigenvalue weighted by atomic mass is 15.3. The lowest BCUT2D eigenvalue weighted by Gasteiger charge is -2.34. The van der Waals surface area contributed by atoms with E-state index >= 15 is 0 Å². The zero-order valence-corrected chi connectivity index (χ0v) is 12.6. The lowest BCUT2D eigenvalue weighted by atomic mass is 10.1. The van der Waals surface area contributed by atoms with E-state index in [4.69, 9.17) is 0 Å². The van der Waals surface area contributed by atoms with Crippen LogP contribution in [0, 0.1) is 0 Å². The number of hydrogen-bond donors (Lipinski definition) is 1. The van der Waals surface area contributed by atoms with Crippen LogP contribution in [0.15, 0.2) is 24.3 Å². The summed E-state index contributed by atoms with van der Waals surface area (Å²) >= 11 is 0. The summed E-state index contributed by atoms with van der Waals surface area (Å²) in [7, 11) is 2.01. The fraction of sp³-hybridized carbons (Fsp3) is 0.647. The highest BCUT2D eigenvalue weighted by Crippen LogP contribution is 2.27. The Morgan fingerprint density at radius 2 is 1.65 bits per heavy atom. The average molecular weight is 273 g/mol. The van der Waals surface area contributed by atoms with Gasteiger partial charge in [0.05, 0.1) is 0 Å². The number of piperazine rings is 1. The van der Waals surface area contributed by atoms with Crippen LogP contribution in [0.1, 0.15) is 24.0 Å². The molecule has 110 valence electrons. The van der Waals surface area contributed by atoms with E-state index in [0.717, 1.165) is 25.6 Å². The van der Waals surface area contributed by atoms with Crippen molar-refractivity contribution in [3.8, 4) is 0 Å². The van der Waals surface area contributed by atoms with Gasteiger partial charge in [0.25, 0.3) is 0 Å². The molecule has 0 atom stereocenters. The second kappa shape index (κ2) is 6.70. The fourth-order valence-corrected chi connectivity index (χ4v) is 3.07. The van der Waals surface area contributed by atoms with Gasteiger partial charge in [0, 0.05) is 38.8 Å². The summed E-state index contributed by atoms with van der Waals surface area (Å²) in [6, 6.07) is 10.1. The molecular weight excluding hydrogens is 246 g/mol. The van der Waals surface area contributed by atoms with Crippen molar-refractivity contribution in [2.45, 2.75) is 31.8 Å². The third-order valence-electron chi connectivity index (χ3n) is 4.56. The van der Waals surface area contributed by atoms with Crippen LogP contribution in [0.4, 0.5) is 0 Å². The van der Waals surface area contributed by atoms with Gasteiger partial charge in [-0.1, -0.05) is 24.3 Å². The molecule has 0 radical (unpaired) electrons. The average Bonchev–Trinajstić information content (AvgIpc) is 3.32. The van der Waals surface area contributed by atoms with E-state index in [2.05, 4.69) is 39.4 Å². The predicted octanol–water partition coefficient (Wildman–Crippen LogP) is 1.73. The van der Waals surface area contributed by atoms with Crippen molar-refractivity contribution < 1.29 is 0 Å². The summed E-state index contributed by atoms with van der Waals surface area (Å²) in [4.78, 5) is 5.28. The van der Waals surface area contributed by atoms with Crippen LogP contribution < -0.4 is 5.32 Å². The molecule has 1 heterocycles. The van der Waals surface area contributed by atoms with Crippen molar-refractivity contribution in [1.29, 1.82) is 0 Å². The summed E-state index contributed by atoms with van der Waals surface area (Å²) in [5, 5.41) is 3.20. The Morgan fingerprint density at radius 3 is 2.25 bits per heavy atom. The molecule has 3 rings (SSSR count). The van der Waals surface area contributed by atoms with E-state index in [-0.39, 0.29) is 0 Å². The minimum Gasteiger partial charge on any atom is -0.319 e. The highest BCUT2D eigenvalue weighted by molar-refractivity contribution is 5.22. The van der Waals surface area contributed by atoms with Crippen LogP contribution in [0.3, 0.4) is 0 Å². The molecule has 1 aliphatic carbocycles. The first-order valence-electron chi connectivity index (χ1n) is 8.04. The Kier molecular flexibility index (Phi) is 4.71. The van der Waals surface area contributed by atoms with Gasteiger partial charge >= 0.3 is 0 Å². The molecule has 1 aromatic rings. The van der Waals surface area contributed by atoms with Gasteiger partial charge in [-0.3, -0.25) is 9.80 Å². The Labute approximate surface area is 123 Å². The van der Waals surface area contributed by atoms with Crippen molar-refractivity contribution in [3.63, 3.8) is 0 Å².